The van der Waals surface area contributed by atoms with Crippen LogP contribution in [0, 0.1) is 6.92 Å². The smallest absolute Gasteiger partial charge is 0.225 e. The first-order valence-electron chi connectivity index (χ1n) is 5.86. The van der Waals surface area contributed by atoms with Gasteiger partial charge >= 0.3 is 0 Å². The lowest BCUT2D eigenvalue weighted by molar-refractivity contribution is -0.0729. The van der Waals surface area contributed by atoms with Crippen molar-refractivity contribution < 1.29 is 9.47 Å². The molecule has 0 bridgehead atoms. The van der Waals surface area contributed by atoms with Gasteiger partial charge in [0, 0.05) is 24.6 Å². The number of nitrogens with zero attached hydrogens (tertiary/aromatic N) is 2. The number of ether oxygens (including phenoxy) is 2. The molecular formula is C12H17ClN2O2. The van der Waals surface area contributed by atoms with Gasteiger partial charge in [-0.1, -0.05) is 0 Å². The first kappa shape index (κ1) is 12.6. The van der Waals surface area contributed by atoms with Crippen molar-refractivity contribution in [3.63, 3.8) is 0 Å². The van der Waals surface area contributed by atoms with Crippen LogP contribution in [0.15, 0.2) is 6.07 Å². The molecule has 1 aliphatic heterocycles. The molecule has 2 heterocycles. The Bertz CT molecular complexity index is 370. The maximum absolute atomic E-state index is 5.84. The Kier molecular flexibility index (Phi) is 3.84. The highest BCUT2D eigenvalue weighted by molar-refractivity contribution is 6.28. The molecule has 1 aromatic rings. The molecule has 5 heteroatoms. The van der Waals surface area contributed by atoms with Crippen molar-refractivity contribution in [1.82, 2.24) is 9.97 Å². The zero-order valence-corrected chi connectivity index (χ0v) is 11.1. The second-order valence-electron chi connectivity index (χ2n) is 4.59. The summed E-state index contributed by atoms with van der Waals surface area (Å²) in [7, 11) is 0. The van der Waals surface area contributed by atoms with Gasteiger partial charge < -0.3 is 9.47 Å². The van der Waals surface area contributed by atoms with Crippen LogP contribution < -0.4 is 4.74 Å². The largest absolute Gasteiger partial charge is 0.474 e. The average Bonchev–Trinajstić information content (AvgIpc) is 2.13. The first-order valence-corrected chi connectivity index (χ1v) is 6.24. The molecule has 2 rings (SSSR count). The monoisotopic (exact) mass is 256 g/mol. The van der Waals surface area contributed by atoms with Crippen molar-refractivity contribution in [3.05, 3.63) is 17.0 Å². The predicted molar refractivity (Wildman–Crippen MR) is 65.4 cm³/mol. The zero-order chi connectivity index (χ0) is 12.4. The summed E-state index contributed by atoms with van der Waals surface area (Å²) in [5, 5.41) is 0.230. The SMILES string of the molecule is Cc1cc(OC2CC(C)OC(C)C2)nc(Cl)n1. The maximum Gasteiger partial charge on any atom is 0.225 e. The second-order valence-corrected chi connectivity index (χ2v) is 4.92. The molecular weight excluding hydrogens is 240 g/mol. The summed E-state index contributed by atoms with van der Waals surface area (Å²) < 4.78 is 11.5. The molecule has 1 aromatic heterocycles. The van der Waals surface area contributed by atoms with E-state index in [-0.39, 0.29) is 23.6 Å². The van der Waals surface area contributed by atoms with E-state index in [0.717, 1.165) is 18.5 Å². The van der Waals surface area contributed by atoms with E-state index in [2.05, 4.69) is 23.8 Å². The third kappa shape index (κ3) is 3.54. The van der Waals surface area contributed by atoms with Gasteiger partial charge in [-0.2, -0.15) is 4.98 Å². The fourth-order valence-corrected chi connectivity index (χ4v) is 2.39. The lowest BCUT2D eigenvalue weighted by Gasteiger charge is -2.31. The third-order valence-electron chi connectivity index (χ3n) is 2.75. The van der Waals surface area contributed by atoms with Gasteiger partial charge in [0.25, 0.3) is 0 Å². The number of aryl methyl sites for hydroxylation is 1. The number of aromatic nitrogens is 2. The molecule has 0 aliphatic carbocycles. The molecule has 0 saturated carbocycles. The molecule has 94 valence electrons. The van der Waals surface area contributed by atoms with E-state index in [0.29, 0.717) is 5.88 Å². The predicted octanol–water partition coefficient (Wildman–Crippen LogP) is 2.77. The van der Waals surface area contributed by atoms with E-state index in [1.807, 2.05) is 6.92 Å². The van der Waals surface area contributed by atoms with Crippen LogP contribution in [0.4, 0.5) is 0 Å². The van der Waals surface area contributed by atoms with E-state index in [9.17, 15) is 0 Å². The molecule has 2 atom stereocenters. The van der Waals surface area contributed by atoms with E-state index in [1.165, 1.54) is 0 Å². The van der Waals surface area contributed by atoms with E-state index in [1.54, 1.807) is 6.07 Å². The first-order chi connectivity index (χ1) is 8.02. The molecule has 0 aromatic carbocycles. The summed E-state index contributed by atoms with van der Waals surface area (Å²) in [4.78, 5) is 8.08. The Labute approximate surface area is 106 Å². The van der Waals surface area contributed by atoms with Crippen LogP contribution in [0.5, 0.6) is 5.88 Å². The van der Waals surface area contributed by atoms with Gasteiger partial charge in [-0.3, -0.25) is 0 Å². The van der Waals surface area contributed by atoms with Gasteiger partial charge in [0.1, 0.15) is 6.10 Å². The van der Waals surface area contributed by atoms with Crippen LogP contribution in [0.1, 0.15) is 32.4 Å². The number of halogens is 1. The topological polar surface area (TPSA) is 44.2 Å². The molecule has 0 spiro atoms. The summed E-state index contributed by atoms with van der Waals surface area (Å²) in [6, 6.07) is 1.80. The fraction of sp³-hybridized carbons (Fsp3) is 0.667. The molecule has 1 fully saturated rings. The van der Waals surface area contributed by atoms with Crippen LogP contribution in [0.25, 0.3) is 0 Å². The average molecular weight is 257 g/mol. The van der Waals surface area contributed by atoms with Gasteiger partial charge in [-0.15, -0.1) is 0 Å². The van der Waals surface area contributed by atoms with Gasteiger partial charge in [0.05, 0.1) is 12.2 Å². The molecule has 17 heavy (non-hydrogen) atoms. The highest BCUT2D eigenvalue weighted by Gasteiger charge is 2.26. The Hall–Kier alpha value is -0.870. The van der Waals surface area contributed by atoms with Gasteiger partial charge in [-0.25, -0.2) is 4.98 Å². The fourth-order valence-electron chi connectivity index (χ4n) is 2.18. The Balaban J connectivity index is 2.04. The van der Waals surface area contributed by atoms with Crippen molar-refractivity contribution in [2.24, 2.45) is 0 Å². The van der Waals surface area contributed by atoms with E-state index < -0.39 is 0 Å². The van der Waals surface area contributed by atoms with Gasteiger partial charge in [0.15, 0.2) is 0 Å². The van der Waals surface area contributed by atoms with Crippen molar-refractivity contribution in [3.8, 4) is 5.88 Å². The summed E-state index contributed by atoms with van der Waals surface area (Å²) in [5.74, 6) is 0.550. The summed E-state index contributed by atoms with van der Waals surface area (Å²) in [6.07, 6.45) is 2.35. The highest BCUT2D eigenvalue weighted by atomic mass is 35.5. The molecule has 0 amide bonds. The number of rotatable bonds is 2. The molecule has 4 nitrogen and oxygen atoms in total. The molecule has 1 saturated heterocycles. The number of hydrogen-bond acceptors (Lipinski definition) is 4. The Morgan fingerprint density at radius 3 is 2.53 bits per heavy atom. The minimum Gasteiger partial charge on any atom is -0.474 e. The summed E-state index contributed by atoms with van der Waals surface area (Å²) >= 11 is 5.80. The van der Waals surface area contributed by atoms with Crippen molar-refractivity contribution in [2.45, 2.75) is 51.9 Å². The van der Waals surface area contributed by atoms with Gasteiger partial charge in [-0.05, 0) is 32.4 Å². The van der Waals surface area contributed by atoms with E-state index in [4.69, 9.17) is 21.1 Å². The highest BCUT2D eigenvalue weighted by Crippen LogP contribution is 2.23. The van der Waals surface area contributed by atoms with Crippen LogP contribution in [-0.2, 0) is 4.74 Å². The van der Waals surface area contributed by atoms with Crippen molar-refractivity contribution in [1.29, 1.82) is 0 Å². The Morgan fingerprint density at radius 2 is 1.94 bits per heavy atom. The van der Waals surface area contributed by atoms with Crippen LogP contribution in [0.2, 0.25) is 5.28 Å². The Morgan fingerprint density at radius 1 is 1.29 bits per heavy atom. The normalized spacial score (nSPS) is 29.1. The minimum absolute atomic E-state index is 0.138. The second kappa shape index (κ2) is 5.19. The van der Waals surface area contributed by atoms with E-state index >= 15 is 0 Å². The molecule has 0 radical (unpaired) electrons. The van der Waals surface area contributed by atoms with Gasteiger partial charge in [0.2, 0.25) is 11.2 Å². The molecule has 2 unspecified atom stereocenters. The minimum atomic E-state index is 0.138. The maximum atomic E-state index is 5.84. The standard InChI is InChI=1S/C12H17ClN2O2/c1-7-4-11(15-12(13)14-7)17-10-5-8(2)16-9(3)6-10/h4,8-10H,5-6H2,1-3H3. The van der Waals surface area contributed by atoms with Crippen molar-refractivity contribution >= 4 is 11.6 Å². The third-order valence-corrected chi connectivity index (χ3v) is 2.91. The molecule has 0 N–H and O–H groups in total. The lowest BCUT2D eigenvalue weighted by atomic mass is 10.0. The van der Waals surface area contributed by atoms with Crippen LogP contribution >= 0.6 is 11.6 Å². The number of hydrogen-bond donors (Lipinski definition) is 0. The quantitative estimate of drug-likeness (QED) is 0.764. The lowest BCUT2D eigenvalue weighted by Crippen LogP contribution is -2.35. The zero-order valence-electron chi connectivity index (χ0n) is 10.3. The molecule has 1 aliphatic rings. The summed E-state index contributed by atoms with van der Waals surface area (Å²) in [6.45, 7) is 5.99. The van der Waals surface area contributed by atoms with Crippen LogP contribution in [-0.4, -0.2) is 28.3 Å². The summed E-state index contributed by atoms with van der Waals surface area (Å²) in [5.41, 5.74) is 0.813. The van der Waals surface area contributed by atoms with Crippen LogP contribution in [0.3, 0.4) is 0 Å². The van der Waals surface area contributed by atoms with Crippen molar-refractivity contribution in [2.75, 3.05) is 0 Å².